The van der Waals surface area contributed by atoms with Gasteiger partial charge in [0.15, 0.2) is 0 Å². The first kappa shape index (κ1) is 33.9. The second-order valence-electron chi connectivity index (χ2n) is 16.7. The van der Waals surface area contributed by atoms with Gasteiger partial charge in [0.25, 0.3) is 0 Å². The van der Waals surface area contributed by atoms with Crippen molar-refractivity contribution in [2.45, 2.75) is 51.4 Å². The van der Waals surface area contributed by atoms with Gasteiger partial charge in [0.2, 0.25) is 0 Å². The number of nitrogens with zero attached hydrogens (tertiary/aromatic N) is 1. The highest BCUT2D eigenvalue weighted by molar-refractivity contribution is 5.92. The molecule has 5 atom stereocenters. The van der Waals surface area contributed by atoms with E-state index >= 15 is 0 Å². The highest BCUT2D eigenvalue weighted by Gasteiger charge is 2.56. The molecule has 5 unspecified atom stereocenters. The summed E-state index contributed by atoms with van der Waals surface area (Å²) in [4.78, 5) is 2.44. The minimum absolute atomic E-state index is 0.0984. The number of para-hydroxylation sites is 1. The van der Waals surface area contributed by atoms with Crippen LogP contribution in [0.5, 0.6) is 0 Å². The van der Waals surface area contributed by atoms with Gasteiger partial charge in [-0.05, 0) is 142 Å². The van der Waals surface area contributed by atoms with E-state index in [0.29, 0.717) is 11.8 Å². The van der Waals surface area contributed by atoms with Gasteiger partial charge in [-0.15, -0.1) is 0 Å². The van der Waals surface area contributed by atoms with Crippen LogP contribution in [-0.2, 0) is 5.41 Å². The lowest BCUT2D eigenvalue weighted by Crippen LogP contribution is -2.49. The zero-order chi connectivity index (χ0) is 36.9. The molecule has 270 valence electrons. The maximum atomic E-state index is 2.57. The van der Waals surface area contributed by atoms with Crippen molar-refractivity contribution in [3.63, 3.8) is 0 Å². The molecule has 4 aliphatic carbocycles. The van der Waals surface area contributed by atoms with Crippen molar-refractivity contribution in [2.24, 2.45) is 23.7 Å². The molecule has 0 aliphatic heterocycles. The van der Waals surface area contributed by atoms with Gasteiger partial charge in [0.05, 0.1) is 5.69 Å². The first-order chi connectivity index (χ1) is 27.1. The predicted molar refractivity (Wildman–Crippen MR) is 233 cm³/mol. The van der Waals surface area contributed by atoms with Crippen molar-refractivity contribution in [1.82, 2.24) is 0 Å². The van der Waals surface area contributed by atoms with Gasteiger partial charge in [0, 0.05) is 22.4 Å². The van der Waals surface area contributed by atoms with E-state index in [1.807, 2.05) is 0 Å². The first-order valence-electron chi connectivity index (χ1n) is 20.5. The molecule has 2 saturated carbocycles. The van der Waals surface area contributed by atoms with Gasteiger partial charge in [-0.2, -0.15) is 0 Å². The Morgan fingerprint density at radius 2 is 1.18 bits per heavy atom. The van der Waals surface area contributed by atoms with E-state index in [1.165, 1.54) is 75.9 Å². The molecule has 0 aromatic heterocycles. The Kier molecular flexibility index (Phi) is 8.55. The molecule has 0 radical (unpaired) electrons. The van der Waals surface area contributed by atoms with E-state index in [0.717, 1.165) is 29.6 Å². The van der Waals surface area contributed by atoms with Crippen LogP contribution in [0.15, 0.2) is 176 Å². The Morgan fingerprint density at radius 3 is 1.98 bits per heavy atom. The monoisotopic (exact) mass is 711 g/mol. The minimum Gasteiger partial charge on any atom is -0.310 e. The Labute approximate surface area is 327 Å². The highest BCUT2D eigenvalue weighted by Crippen LogP contribution is 2.64. The van der Waals surface area contributed by atoms with E-state index in [4.69, 9.17) is 0 Å². The molecular weight excluding hydrogens is 663 g/mol. The Balaban J connectivity index is 1.10. The molecule has 1 nitrogen and oxygen atoms in total. The van der Waals surface area contributed by atoms with Crippen LogP contribution < -0.4 is 4.90 Å². The summed E-state index contributed by atoms with van der Waals surface area (Å²) in [5, 5.41) is 0. The van der Waals surface area contributed by atoms with E-state index < -0.39 is 0 Å². The molecule has 0 heterocycles. The second kappa shape index (κ2) is 13.9. The maximum Gasteiger partial charge on any atom is 0.0540 e. The third-order valence-corrected chi connectivity index (χ3v) is 13.4. The van der Waals surface area contributed by atoms with Crippen LogP contribution in [0.3, 0.4) is 0 Å². The molecule has 6 aromatic carbocycles. The summed E-state index contributed by atoms with van der Waals surface area (Å²) in [7, 11) is 0. The maximum absolute atomic E-state index is 2.57. The number of rotatable bonds is 6. The fraction of sp³-hybridized carbons (Fsp3) is 0.222. The molecule has 2 bridgehead atoms. The molecule has 6 aromatic rings. The van der Waals surface area contributed by atoms with Crippen LogP contribution in [0.4, 0.5) is 17.1 Å². The molecule has 0 amide bonds. The number of benzene rings is 6. The average Bonchev–Trinajstić information content (AvgIpc) is 3.32. The van der Waals surface area contributed by atoms with Crippen molar-refractivity contribution in [2.75, 3.05) is 4.90 Å². The molecule has 1 heteroatoms. The van der Waals surface area contributed by atoms with Crippen LogP contribution in [0.1, 0.15) is 62.6 Å². The van der Waals surface area contributed by atoms with Crippen LogP contribution >= 0.6 is 0 Å². The van der Waals surface area contributed by atoms with Crippen LogP contribution in [0.2, 0.25) is 0 Å². The van der Waals surface area contributed by atoms with E-state index in [-0.39, 0.29) is 5.41 Å². The number of allylic oxidation sites excluding steroid dienone is 6. The van der Waals surface area contributed by atoms with Gasteiger partial charge >= 0.3 is 0 Å². The van der Waals surface area contributed by atoms with E-state index in [2.05, 4.69) is 195 Å². The van der Waals surface area contributed by atoms with E-state index in [1.54, 1.807) is 11.1 Å². The summed E-state index contributed by atoms with van der Waals surface area (Å²) in [6.45, 7) is 5.07. The molecule has 0 saturated heterocycles. The molecule has 2 fully saturated rings. The zero-order valence-corrected chi connectivity index (χ0v) is 32.0. The number of hydrogen-bond acceptors (Lipinski definition) is 1. The van der Waals surface area contributed by atoms with Crippen molar-refractivity contribution >= 4 is 22.6 Å². The molecule has 55 heavy (non-hydrogen) atoms. The quantitative estimate of drug-likeness (QED) is 0.166. The van der Waals surface area contributed by atoms with Crippen molar-refractivity contribution in [3.8, 4) is 33.4 Å². The summed E-state index contributed by atoms with van der Waals surface area (Å²) >= 11 is 0. The predicted octanol–water partition coefficient (Wildman–Crippen LogP) is 14.7. The van der Waals surface area contributed by atoms with Crippen LogP contribution in [0, 0.1) is 23.7 Å². The molecule has 1 spiro atoms. The first-order valence-corrected chi connectivity index (χ1v) is 20.5. The van der Waals surface area contributed by atoms with Crippen LogP contribution in [-0.4, -0.2) is 0 Å². The van der Waals surface area contributed by atoms with Gasteiger partial charge in [-0.25, -0.2) is 0 Å². The molecule has 0 N–H and O–H groups in total. The van der Waals surface area contributed by atoms with Crippen molar-refractivity contribution < 1.29 is 0 Å². The van der Waals surface area contributed by atoms with Crippen LogP contribution in [0.25, 0.3) is 39.0 Å². The Bertz CT molecular complexity index is 2440. The highest BCUT2D eigenvalue weighted by atomic mass is 15.1. The smallest absolute Gasteiger partial charge is 0.0540 e. The van der Waals surface area contributed by atoms with Gasteiger partial charge in [0.1, 0.15) is 0 Å². The fourth-order valence-corrected chi connectivity index (χ4v) is 11.2. The SMILES string of the molecule is CC1CC2CC(C)C3(c4ccccc4-c4cc(-c5ccccc5N(c5ccc(C6=CC=CCC=C6)cc5)c5ccc(-c6ccccc6)cc5)ccc43)C(C1)C2. The zero-order valence-electron chi connectivity index (χ0n) is 32.0. The summed E-state index contributed by atoms with van der Waals surface area (Å²) in [6.07, 6.45) is 17.5. The second-order valence-corrected chi connectivity index (χ2v) is 16.7. The normalized spacial score (nSPS) is 23.5. The molecule has 10 rings (SSSR count). The van der Waals surface area contributed by atoms with Gasteiger partial charge in [-0.1, -0.05) is 153 Å². The number of fused-ring (bicyclic) bond motifs is 8. The van der Waals surface area contributed by atoms with Crippen molar-refractivity contribution in [3.05, 3.63) is 193 Å². The molecule has 4 aliphatic rings. The average molecular weight is 712 g/mol. The number of anilines is 3. The Morgan fingerprint density at radius 1 is 0.527 bits per heavy atom. The number of hydrogen-bond donors (Lipinski definition) is 0. The van der Waals surface area contributed by atoms with Crippen molar-refractivity contribution in [1.29, 1.82) is 0 Å². The summed E-state index contributed by atoms with van der Waals surface area (Å²) in [6, 6.07) is 54.8. The Hall–Kier alpha value is -5.66. The lowest BCUT2D eigenvalue weighted by molar-refractivity contribution is 0.0426. The summed E-state index contributed by atoms with van der Waals surface area (Å²) < 4.78 is 0. The lowest BCUT2D eigenvalue weighted by Gasteiger charge is -2.54. The lowest BCUT2D eigenvalue weighted by atomic mass is 9.49. The van der Waals surface area contributed by atoms with Gasteiger partial charge < -0.3 is 4.90 Å². The summed E-state index contributed by atoms with van der Waals surface area (Å²) in [5.74, 6) is 3.00. The fourth-order valence-electron chi connectivity index (χ4n) is 11.2. The van der Waals surface area contributed by atoms with Gasteiger partial charge in [-0.3, -0.25) is 0 Å². The standard InChI is InChI=1S/C54H49N/c1-37-32-39-34-38(2)54(45(33-37)35-39)51-20-12-10-19-49(51)50-36-44(26-31-52(50)54)48-18-11-13-21-53(48)55(47-29-24-43(25-30-47)41-16-8-5-9-17-41)46-27-22-42(23-28-46)40-14-6-3-4-7-15-40/h3,5-31,36-39,45H,4,32-35H2,1-2H3. The minimum atomic E-state index is 0.0984. The topological polar surface area (TPSA) is 3.24 Å². The third kappa shape index (κ3) is 5.75. The third-order valence-electron chi connectivity index (χ3n) is 13.4. The largest absolute Gasteiger partial charge is 0.310 e. The molecular formula is C54H49N. The van der Waals surface area contributed by atoms with E-state index in [9.17, 15) is 0 Å². The summed E-state index contributed by atoms with van der Waals surface area (Å²) in [5.41, 5.74) is 17.0.